The van der Waals surface area contributed by atoms with E-state index < -0.39 is 12.0 Å². The Morgan fingerprint density at radius 3 is 2.63 bits per heavy atom. The normalized spacial score (nSPS) is 15.4. The van der Waals surface area contributed by atoms with Crippen LogP contribution in [0.3, 0.4) is 0 Å². The molecule has 1 atom stereocenters. The smallest absolute Gasteiger partial charge is 0.339 e. The van der Waals surface area contributed by atoms with Crippen LogP contribution >= 0.6 is 0 Å². The number of aryl methyl sites for hydroxylation is 1. The average Bonchev–Trinajstić information content (AvgIpc) is 3.04. The van der Waals surface area contributed by atoms with Crippen LogP contribution in [0.2, 0.25) is 0 Å². The zero-order chi connectivity index (χ0) is 19.4. The Morgan fingerprint density at radius 2 is 2.00 bits per heavy atom. The molecular formula is C20H22N2O5. The number of hydrogen-bond acceptors (Lipinski definition) is 4. The van der Waals surface area contributed by atoms with E-state index >= 15 is 0 Å². The van der Waals surface area contributed by atoms with Crippen LogP contribution in [0.15, 0.2) is 40.8 Å². The molecule has 0 spiro atoms. The predicted octanol–water partition coefficient (Wildman–Crippen LogP) is 2.66. The number of nitrogens with zero attached hydrogens (tertiary/aromatic N) is 1. The van der Waals surface area contributed by atoms with Crippen LogP contribution < -0.4 is 5.32 Å². The first kappa shape index (κ1) is 18.7. The van der Waals surface area contributed by atoms with Gasteiger partial charge in [0, 0.05) is 13.0 Å². The van der Waals surface area contributed by atoms with Gasteiger partial charge >= 0.3 is 5.97 Å². The highest BCUT2D eigenvalue weighted by Crippen LogP contribution is 2.26. The molecule has 142 valence electrons. The maximum Gasteiger partial charge on any atom is 0.339 e. The first-order valence-electron chi connectivity index (χ1n) is 8.92. The number of carboxylic acid groups (broad SMARTS) is 1. The second-order valence-electron chi connectivity index (χ2n) is 6.56. The highest BCUT2D eigenvalue weighted by Gasteiger charge is 2.32. The number of aromatic carboxylic acids is 1. The van der Waals surface area contributed by atoms with Crippen molar-refractivity contribution in [2.24, 2.45) is 0 Å². The van der Waals surface area contributed by atoms with Crippen LogP contribution in [0.5, 0.6) is 0 Å². The molecule has 2 aromatic rings. The summed E-state index contributed by atoms with van der Waals surface area (Å²) in [6.45, 7) is 2.15. The Morgan fingerprint density at radius 1 is 1.26 bits per heavy atom. The van der Waals surface area contributed by atoms with E-state index in [1.54, 1.807) is 11.8 Å². The lowest BCUT2D eigenvalue weighted by Gasteiger charge is -2.34. The number of likely N-dealkylation sites (tertiary alicyclic amines) is 1. The number of carbonyl (C=O) groups excluding carboxylic acids is 2. The Kier molecular flexibility index (Phi) is 5.59. The van der Waals surface area contributed by atoms with E-state index in [2.05, 4.69) is 5.32 Å². The number of amides is 2. The lowest BCUT2D eigenvalue weighted by molar-refractivity contribution is -0.142. The minimum atomic E-state index is -1.07. The van der Waals surface area contributed by atoms with Crippen molar-refractivity contribution >= 4 is 17.8 Å². The first-order chi connectivity index (χ1) is 13.0. The fraction of sp³-hybridized carbons (Fsp3) is 0.350. The molecule has 2 amide bonds. The molecule has 1 aliphatic rings. The molecule has 1 aliphatic heterocycles. The summed E-state index contributed by atoms with van der Waals surface area (Å²) in [4.78, 5) is 38.0. The Hall–Kier alpha value is -3.09. The van der Waals surface area contributed by atoms with Crippen LogP contribution in [-0.2, 0) is 16.1 Å². The molecule has 1 saturated heterocycles. The van der Waals surface area contributed by atoms with Crippen molar-refractivity contribution in [3.05, 3.63) is 59.0 Å². The van der Waals surface area contributed by atoms with Crippen molar-refractivity contribution in [2.45, 2.75) is 38.8 Å². The van der Waals surface area contributed by atoms with Crippen molar-refractivity contribution in [1.29, 1.82) is 0 Å². The van der Waals surface area contributed by atoms with Crippen LogP contribution in [0.1, 0.15) is 52.7 Å². The number of benzene rings is 1. The molecule has 7 heteroatoms. The molecule has 0 bridgehead atoms. The fourth-order valence-corrected chi connectivity index (χ4v) is 3.32. The fourth-order valence-electron chi connectivity index (χ4n) is 3.32. The number of rotatable bonds is 6. The third kappa shape index (κ3) is 4.19. The summed E-state index contributed by atoms with van der Waals surface area (Å²) in [5.41, 5.74) is 0.817. The quantitative estimate of drug-likeness (QED) is 0.814. The summed E-state index contributed by atoms with van der Waals surface area (Å²) in [7, 11) is 0. The molecule has 2 heterocycles. The molecule has 2 N–H and O–H groups in total. The minimum Gasteiger partial charge on any atom is -0.478 e. The summed E-state index contributed by atoms with van der Waals surface area (Å²) in [5, 5.41) is 11.9. The van der Waals surface area contributed by atoms with E-state index in [9.17, 15) is 14.4 Å². The molecule has 27 heavy (non-hydrogen) atoms. The molecule has 0 aliphatic carbocycles. The van der Waals surface area contributed by atoms with Gasteiger partial charge in [0.05, 0.1) is 6.54 Å². The Bertz CT molecular complexity index is 843. The number of furan rings is 1. The second-order valence-corrected chi connectivity index (χ2v) is 6.56. The van der Waals surface area contributed by atoms with Gasteiger partial charge < -0.3 is 19.7 Å². The zero-order valence-electron chi connectivity index (χ0n) is 15.1. The number of carbonyl (C=O) groups is 3. The van der Waals surface area contributed by atoms with E-state index in [-0.39, 0.29) is 29.7 Å². The molecule has 7 nitrogen and oxygen atoms in total. The third-order valence-corrected chi connectivity index (χ3v) is 4.67. The molecule has 0 unspecified atom stereocenters. The van der Waals surface area contributed by atoms with Crippen LogP contribution in [-0.4, -0.2) is 34.3 Å². The zero-order valence-corrected chi connectivity index (χ0v) is 15.1. The molecule has 1 fully saturated rings. The standard InChI is InChI=1S/C20H22N2O5/c1-13-16(20(25)26)11-15(27-13)12-21-19(24)18(14-7-3-2-4-8-14)22-10-6-5-9-17(22)23/h2-4,7-8,11,18H,5-6,9-10,12H2,1H3,(H,21,24)(H,25,26)/t18-/m0/s1. The van der Waals surface area contributed by atoms with Crippen molar-refractivity contribution in [2.75, 3.05) is 6.54 Å². The Labute approximate surface area is 157 Å². The summed E-state index contributed by atoms with van der Waals surface area (Å²) in [5.74, 6) is -0.780. The molecule has 0 radical (unpaired) electrons. The SMILES string of the molecule is Cc1oc(CNC(=O)[C@H](c2ccccc2)N2CCCCC2=O)cc1C(=O)O. The van der Waals surface area contributed by atoms with Gasteiger partial charge in [-0.15, -0.1) is 0 Å². The van der Waals surface area contributed by atoms with Gasteiger partial charge in [-0.1, -0.05) is 30.3 Å². The average molecular weight is 370 g/mol. The van der Waals surface area contributed by atoms with Gasteiger partial charge in [-0.2, -0.15) is 0 Å². The number of piperidine rings is 1. The summed E-state index contributed by atoms with van der Waals surface area (Å²) >= 11 is 0. The lowest BCUT2D eigenvalue weighted by Crippen LogP contribution is -2.45. The molecular weight excluding hydrogens is 348 g/mol. The van der Waals surface area contributed by atoms with Crippen LogP contribution in [0.4, 0.5) is 0 Å². The Balaban J connectivity index is 1.78. The summed E-state index contributed by atoms with van der Waals surface area (Å²) in [6, 6.07) is 9.86. The van der Waals surface area contributed by atoms with Crippen LogP contribution in [0, 0.1) is 6.92 Å². The molecule has 0 saturated carbocycles. The van der Waals surface area contributed by atoms with E-state index in [1.165, 1.54) is 6.07 Å². The van der Waals surface area contributed by atoms with Gasteiger partial charge in [0.1, 0.15) is 23.1 Å². The van der Waals surface area contributed by atoms with E-state index in [1.807, 2.05) is 30.3 Å². The predicted molar refractivity (Wildman–Crippen MR) is 97.0 cm³/mol. The summed E-state index contributed by atoms with van der Waals surface area (Å²) < 4.78 is 5.40. The highest BCUT2D eigenvalue weighted by molar-refractivity contribution is 5.90. The van der Waals surface area contributed by atoms with E-state index in [0.717, 1.165) is 18.4 Å². The monoisotopic (exact) mass is 370 g/mol. The van der Waals surface area contributed by atoms with Crippen LogP contribution in [0.25, 0.3) is 0 Å². The van der Waals surface area contributed by atoms with Crippen molar-refractivity contribution in [3.8, 4) is 0 Å². The van der Waals surface area contributed by atoms with Gasteiger partial charge in [0.2, 0.25) is 11.8 Å². The van der Waals surface area contributed by atoms with Gasteiger partial charge in [-0.25, -0.2) is 4.79 Å². The van der Waals surface area contributed by atoms with Gasteiger partial charge in [-0.3, -0.25) is 9.59 Å². The number of hydrogen-bond donors (Lipinski definition) is 2. The van der Waals surface area contributed by atoms with Crippen molar-refractivity contribution < 1.29 is 23.9 Å². The second kappa shape index (κ2) is 8.07. The van der Waals surface area contributed by atoms with Gasteiger partial charge in [-0.05, 0) is 31.4 Å². The summed E-state index contributed by atoms with van der Waals surface area (Å²) in [6.07, 6.45) is 2.14. The largest absolute Gasteiger partial charge is 0.478 e. The molecule has 1 aromatic heterocycles. The van der Waals surface area contributed by atoms with Crippen molar-refractivity contribution in [3.63, 3.8) is 0 Å². The molecule has 1 aromatic carbocycles. The number of nitrogens with one attached hydrogen (secondary N) is 1. The maximum absolute atomic E-state index is 12.9. The van der Waals surface area contributed by atoms with Gasteiger partial charge in [0.15, 0.2) is 0 Å². The van der Waals surface area contributed by atoms with E-state index in [0.29, 0.717) is 18.7 Å². The molecule has 3 rings (SSSR count). The third-order valence-electron chi connectivity index (χ3n) is 4.67. The topological polar surface area (TPSA) is 99.9 Å². The minimum absolute atomic E-state index is 0.0349. The van der Waals surface area contributed by atoms with E-state index in [4.69, 9.17) is 9.52 Å². The van der Waals surface area contributed by atoms with Gasteiger partial charge in [0.25, 0.3) is 0 Å². The number of carboxylic acids is 1. The lowest BCUT2D eigenvalue weighted by atomic mass is 10.0. The highest BCUT2D eigenvalue weighted by atomic mass is 16.4. The first-order valence-corrected chi connectivity index (χ1v) is 8.92. The van der Waals surface area contributed by atoms with Crippen molar-refractivity contribution in [1.82, 2.24) is 10.2 Å². The maximum atomic E-state index is 12.9.